The fourth-order valence-corrected chi connectivity index (χ4v) is 2.25. The third-order valence-corrected chi connectivity index (χ3v) is 3.39. The molecule has 3 rings (SSSR count). The Morgan fingerprint density at radius 1 is 1.11 bits per heavy atom. The summed E-state index contributed by atoms with van der Waals surface area (Å²) in [6.07, 6.45) is 5.58. The predicted molar refractivity (Wildman–Crippen MR) is 73.1 cm³/mol. The molecular weight excluding hydrogens is 222 g/mol. The minimum atomic E-state index is 1.03. The molecule has 3 heteroatoms. The topological polar surface area (TPSA) is 30.7 Å². The molecule has 1 aromatic carbocycles. The summed E-state index contributed by atoms with van der Waals surface area (Å²) in [4.78, 5) is 8.79. The lowest BCUT2D eigenvalue weighted by atomic mass is 10.0. The van der Waals surface area contributed by atoms with Crippen molar-refractivity contribution < 1.29 is 0 Å². The monoisotopic (exact) mass is 237 g/mol. The van der Waals surface area contributed by atoms with Crippen LogP contribution in [0, 0.1) is 20.8 Å². The van der Waals surface area contributed by atoms with E-state index in [4.69, 9.17) is 0 Å². The summed E-state index contributed by atoms with van der Waals surface area (Å²) in [5.41, 5.74) is 5.77. The molecule has 2 heterocycles. The van der Waals surface area contributed by atoms with Gasteiger partial charge in [0.05, 0.1) is 17.5 Å². The highest BCUT2D eigenvalue weighted by Gasteiger charge is 2.08. The molecule has 0 bridgehead atoms. The highest BCUT2D eigenvalue weighted by Crippen LogP contribution is 2.26. The molecule has 0 atom stereocenters. The first-order chi connectivity index (χ1) is 8.66. The van der Waals surface area contributed by atoms with Gasteiger partial charge < -0.3 is 4.57 Å². The van der Waals surface area contributed by atoms with Gasteiger partial charge in [-0.1, -0.05) is 12.1 Å². The van der Waals surface area contributed by atoms with Gasteiger partial charge in [0.2, 0.25) is 0 Å². The highest BCUT2D eigenvalue weighted by molar-refractivity contribution is 5.90. The first kappa shape index (κ1) is 11.0. The number of benzene rings is 1. The molecule has 3 nitrogen and oxygen atoms in total. The molecule has 0 fully saturated rings. The minimum absolute atomic E-state index is 1.03. The standard InChI is InChI=1S/C15H15N3/c1-10-4-5-13-14(18-7-6-16-9-18)8-11(2)17-15(13)12(10)3/h4-9H,1-3H3. The van der Waals surface area contributed by atoms with Crippen molar-refractivity contribution in [3.8, 4) is 5.69 Å². The molecule has 0 aliphatic carbocycles. The molecule has 3 aromatic rings. The molecule has 0 N–H and O–H groups in total. The zero-order chi connectivity index (χ0) is 12.7. The van der Waals surface area contributed by atoms with E-state index in [2.05, 4.69) is 42.0 Å². The Morgan fingerprint density at radius 3 is 2.67 bits per heavy atom. The van der Waals surface area contributed by atoms with E-state index in [1.54, 1.807) is 6.20 Å². The van der Waals surface area contributed by atoms with Gasteiger partial charge >= 0.3 is 0 Å². The van der Waals surface area contributed by atoms with Crippen molar-refractivity contribution in [3.63, 3.8) is 0 Å². The van der Waals surface area contributed by atoms with Crippen molar-refractivity contribution in [2.45, 2.75) is 20.8 Å². The van der Waals surface area contributed by atoms with Crippen LogP contribution in [0.15, 0.2) is 36.9 Å². The van der Waals surface area contributed by atoms with Gasteiger partial charge in [0, 0.05) is 23.5 Å². The van der Waals surface area contributed by atoms with Crippen LogP contribution in [0.5, 0.6) is 0 Å². The predicted octanol–water partition coefficient (Wildman–Crippen LogP) is 3.35. The third kappa shape index (κ3) is 1.59. The van der Waals surface area contributed by atoms with Gasteiger partial charge in [0.25, 0.3) is 0 Å². The number of aryl methyl sites for hydroxylation is 3. The van der Waals surface area contributed by atoms with Crippen molar-refractivity contribution in [2.24, 2.45) is 0 Å². The van der Waals surface area contributed by atoms with E-state index in [1.807, 2.05) is 24.0 Å². The lowest BCUT2D eigenvalue weighted by molar-refractivity contribution is 1.05. The normalized spacial score (nSPS) is 11.1. The van der Waals surface area contributed by atoms with Crippen molar-refractivity contribution in [1.82, 2.24) is 14.5 Å². The molecule has 0 saturated carbocycles. The van der Waals surface area contributed by atoms with Crippen molar-refractivity contribution in [3.05, 3.63) is 53.7 Å². The van der Waals surface area contributed by atoms with Gasteiger partial charge in [0.1, 0.15) is 0 Å². The number of aromatic nitrogens is 3. The second-order valence-electron chi connectivity index (χ2n) is 4.66. The Kier molecular flexibility index (Phi) is 2.40. The first-order valence-electron chi connectivity index (χ1n) is 6.02. The van der Waals surface area contributed by atoms with E-state index in [0.717, 1.165) is 16.9 Å². The number of pyridine rings is 1. The average molecular weight is 237 g/mol. The molecular formula is C15H15N3. The number of hydrogen-bond donors (Lipinski definition) is 0. The fraction of sp³-hybridized carbons (Fsp3) is 0.200. The van der Waals surface area contributed by atoms with Crippen LogP contribution in [0.1, 0.15) is 16.8 Å². The maximum atomic E-state index is 4.67. The summed E-state index contributed by atoms with van der Waals surface area (Å²) in [7, 11) is 0. The zero-order valence-electron chi connectivity index (χ0n) is 10.8. The van der Waals surface area contributed by atoms with E-state index < -0.39 is 0 Å². The Balaban J connectivity index is 2.43. The summed E-state index contributed by atoms with van der Waals surface area (Å²) >= 11 is 0. The van der Waals surface area contributed by atoms with Gasteiger partial charge in [-0.2, -0.15) is 0 Å². The zero-order valence-corrected chi connectivity index (χ0v) is 10.8. The largest absolute Gasteiger partial charge is 0.306 e. The van der Waals surface area contributed by atoms with E-state index in [-0.39, 0.29) is 0 Å². The van der Waals surface area contributed by atoms with Gasteiger partial charge in [-0.25, -0.2) is 4.98 Å². The summed E-state index contributed by atoms with van der Waals surface area (Å²) in [6.45, 7) is 6.28. The highest BCUT2D eigenvalue weighted by atomic mass is 15.0. The van der Waals surface area contributed by atoms with Crippen molar-refractivity contribution >= 4 is 10.9 Å². The number of imidazole rings is 1. The van der Waals surface area contributed by atoms with E-state index in [1.165, 1.54) is 16.5 Å². The minimum Gasteiger partial charge on any atom is -0.306 e. The van der Waals surface area contributed by atoms with Gasteiger partial charge in [0.15, 0.2) is 0 Å². The Bertz CT molecular complexity index is 712. The SMILES string of the molecule is Cc1cc(-n2ccnc2)c2ccc(C)c(C)c2n1. The van der Waals surface area contributed by atoms with Crippen LogP contribution in [0.2, 0.25) is 0 Å². The molecule has 0 amide bonds. The number of rotatable bonds is 1. The van der Waals surface area contributed by atoms with E-state index in [0.29, 0.717) is 0 Å². The first-order valence-corrected chi connectivity index (χ1v) is 6.02. The summed E-state index contributed by atoms with van der Waals surface area (Å²) in [6, 6.07) is 6.38. The maximum Gasteiger partial charge on any atom is 0.0991 e. The summed E-state index contributed by atoms with van der Waals surface area (Å²) in [5.74, 6) is 0. The third-order valence-electron chi connectivity index (χ3n) is 3.39. The second kappa shape index (κ2) is 3.95. The molecule has 18 heavy (non-hydrogen) atoms. The van der Waals surface area contributed by atoms with Gasteiger partial charge in [-0.3, -0.25) is 4.98 Å². The van der Waals surface area contributed by atoms with E-state index in [9.17, 15) is 0 Å². The lowest BCUT2D eigenvalue weighted by Gasteiger charge is -2.11. The molecule has 0 saturated heterocycles. The number of fused-ring (bicyclic) bond motifs is 1. The van der Waals surface area contributed by atoms with Gasteiger partial charge in [-0.15, -0.1) is 0 Å². The number of nitrogens with zero attached hydrogens (tertiary/aromatic N) is 3. The molecule has 0 unspecified atom stereocenters. The Labute approximate surface area is 106 Å². The van der Waals surface area contributed by atoms with Crippen molar-refractivity contribution in [1.29, 1.82) is 0 Å². The average Bonchev–Trinajstić information content (AvgIpc) is 2.87. The summed E-state index contributed by atoms with van der Waals surface area (Å²) in [5, 5.41) is 1.17. The van der Waals surface area contributed by atoms with Crippen LogP contribution >= 0.6 is 0 Å². The van der Waals surface area contributed by atoms with Crippen LogP contribution in [-0.2, 0) is 0 Å². The lowest BCUT2D eigenvalue weighted by Crippen LogP contribution is -1.97. The Hall–Kier alpha value is -2.16. The molecule has 90 valence electrons. The van der Waals surface area contributed by atoms with Crippen molar-refractivity contribution in [2.75, 3.05) is 0 Å². The van der Waals surface area contributed by atoms with Crippen LogP contribution in [0.3, 0.4) is 0 Å². The molecule has 0 radical (unpaired) electrons. The maximum absolute atomic E-state index is 4.67. The molecule has 0 aliphatic rings. The molecule has 0 spiro atoms. The van der Waals surface area contributed by atoms with E-state index >= 15 is 0 Å². The smallest absolute Gasteiger partial charge is 0.0991 e. The van der Waals surface area contributed by atoms with Crippen LogP contribution in [-0.4, -0.2) is 14.5 Å². The van der Waals surface area contributed by atoms with Crippen LogP contribution in [0.25, 0.3) is 16.6 Å². The molecule has 2 aromatic heterocycles. The quantitative estimate of drug-likeness (QED) is 0.650. The fourth-order valence-electron chi connectivity index (χ4n) is 2.25. The Morgan fingerprint density at radius 2 is 1.94 bits per heavy atom. The number of hydrogen-bond acceptors (Lipinski definition) is 2. The van der Waals surface area contributed by atoms with Crippen LogP contribution in [0.4, 0.5) is 0 Å². The molecule has 0 aliphatic heterocycles. The summed E-state index contributed by atoms with van der Waals surface area (Å²) < 4.78 is 2.03. The second-order valence-corrected chi connectivity index (χ2v) is 4.66. The van der Waals surface area contributed by atoms with Gasteiger partial charge in [-0.05, 0) is 38.0 Å². The van der Waals surface area contributed by atoms with Crippen LogP contribution < -0.4 is 0 Å².